The highest BCUT2D eigenvalue weighted by molar-refractivity contribution is 5.75. The minimum Gasteiger partial charge on any atom is -0.468 e. The van der Waals surface area contributed by atoms with E-state index in [0.717, 1.165) is 5.57 Å². The van der Waals surface area contributed by atoms with Crippen LogP contribution < -0.4 is 11.1 Å². The van der Waals surface area contributed by atoms with Crippen molar-refractivity contribution in [3.8, 4) is 0 Å². The van der Waals surface area contributed by atoms with E-state index in [-0.39, 0.29) is 5.97 Å². The molecule has 2 rings (SSSR count). The number of carbonyl (C=O) groups is 1. The number of fused-ring (bicyclic) bond motifs is 1. The van der Waals surface area contributed by atoms with E-state index in [1.54, 1.807) is 0 Å². The highest BCUT2D eigenvalue weighted by Gasteiger charge is 2.29. The average Bonchev–Trinajstić information content (AvgIpc) is 2.72. The van der Waals surface area contributed by atoms with Crippen molar-refractivity contribution >= 4 is 5.97 Å². The Kier molecular flexibility index (Phi) is 3.10. The van der Waals surface area contributed by atoms with E-state index in [2.05, 4.69) is 22.2 Å². The highest BCUT2D eigenvalue weighted by atomic mass is 16.5. The van der Waals surface area contributed by atoms with Gasteiger partial charge in [-0.15, -0.1) is 0 Å². The highest BCUT2D eigenvalue weighted by Crippen LogP contribution is 2.28. The molecule has 0 amide bonds. The van der Waals surface area contributed by atoms with E-state index in [1.165, 1.54) is 7.11 Å². The largest absolute Gasteiger partial charge is 0.468 e. The first kappa shape index (κ1) is 11.0. The second kappa shape index (κ2) is 4.53. The van der Waals surface area contributed by atoms with Crippen molar-refractivity contribution in [3.63, 3.8) is 0 Å². The molecule has 0 bridgehead atoms. The molecule has 0 aromatic heterocycles. The molecule has 1 aliphatic carbocycles. The van der Waals surface area contributed by atoms with E-state index < -0.39 is 6.04 Å². The van der Waals surface area contributed by atoms with Crippen LogP contribution in [0.15, 0.2) is 36.1 Å². The zero-order valence-corrected chi connectivity index (χ0v) is 9.22. The maximum Gasteiger partial charge on any atom is 0.322 e. The maximum absolute atomic E-state index is 11.2. The Morgan fingerprint density at radius 1 is 1.56 bits per heavy atom. The fourth-order valence-corrected chi connectivity index (χ4v) is 2.10. The van der Waals surface area contributed by atoms with Gasteiger partial charge < -0.3 is 15.8 Å². The molecule has 0 spiro atoms. The second-order valence-corrected chi connectivity index (χ2v) is 4.04. The molecule has 3 atom stereocenters. The summed E-state index contributed by atoms with van der Waals surface area (Å²) < 4.78 is 4.61. The number of nitrogens with one attached hydrogen (secondary N) is 1. The minimum atomic E-state index is -0.573. The van der Waals surface area contributed by atoms with Crippen molar-refractivity contribution in [2.45, 2.75) is 18.5 Å². The molecular formula is C12H16N2O2. The van der Waals surface area contributed by atoms with Crippen molar-refractivity contribution in [1.82, 2.24) is 5.32 Å². The lowest BCUT2D eigenvalue weighted by Crippen LogP contribution is -2.33. The molecule has 16 heavy (non-hydrogen) atoms. The van der Waals surface area contributed by atoms with Gasteiger partial charge in [0, 0.05) is 5.92 Å². The van der Waals surface area contributed by atoms with Gasteiger partial charge in [-0.2, -0.15) is 0 Å². The van der Waals surface area contributed by atoms with Gasteiger partial charge in [0.15, 0.2) is 0 Å². The Morgan fingerprint density at radius 3 is 3.06 bits per heavy atom. The third kappa shape index (κ3) is 2.02. The van der Waals surface area contributed by atoms with Crippen molar-refractivity contribution in [2.75, 3.05) is 7.11 Å². The Labute approximate surface area is 94.8 Å². The number of allylic oxidation sites excluding steroid dienone is 2. The normalized spacial score (nSPS) is 28.0. The first-order valence-electron chi connectivity index (χ1n) is 5.36. The monoisotopic (exact) mass is 220 g/mol. The summed E-state index contributed by atoms with van der Waals surface area (Å²) in [6, 6.07) is -0.263. The number of esters is 1. The van der Waals surface area contributed by atoms with Crippen LogP contribution in [0.3, 0.4) is 0 Å². The van der Waals surface area contributed by atoms with Crippen LogP contribution in [0.5, 0.6) is 0 Å². The molecule has 0 saturated carbocycles. The van der Waals surface area contributed by atoms with Crippen molar-refractivity contribution in [3.05, 3.63) is 36.1 Å². The molecule has 0 radical (unpaired) electrons. The number of methoxy groups -OCH3 is 1. The fraction of sp³-hybridized carbons (Fsp3) is 0.417. The predicted molar refractivity (Wildman–Crippen MR) is 61.4 cm³/mol. The van der Waals surface area contributed by atoms with Crippen LogP contribution in [-0.2, 0) is 9.53 Å². The Hall–Kier alpha value is -1.55. The van der Waals surface area contributed by atoms with E-state index in [9.17, 15) is 4.79 Å². The summed E-state index contributed by atoms with van der Waals surface area (Å²) in [5.74, 6) is -0.0413. The lowest BCUT2D eigenvalue weighted by Gasteiger charge is -2.20. The summed E-state index contributed by atoms with van der Waals surface area (Å²) in [5.41, 5.74) is 6.90. The summed E-state index contributed by atoms with van der Waals surface area (Å²) >= 11 is 0. The SMILES string of the molecule is COC(=O)[C@@H](N)CC1=CNC2C=CC=CC12. The van der Waals surface area contributed by atoms with Gasteiger partial charge in [-0.05, 0) is 18.2 Å². The van der Waals surface area contributed by atoms with Crippen molar-refractivity contribution in [1.29, 1.82) is 0 Å². The summed E-state index contributed by atoms with van der Waals surface area (Å²) in [6.07, 6.45) is 10.8. The summed E-state index contributed by atoms with van der Waals surface area (Å²) in [5, 5.41) is 3.26. The molecule has 4 heteroatoms. The molecular weight excluding hydrogens is 204 g/mol. The van der Waals surface area contributed by atoms with E-state index in [4.69, 9.17) is 5.73 Å². The number of hydrogen-bond acceptors (Lipinski definition) is 4. The lowest BCUT2D eigenvalue weighted by atomic mass is 9.88. The zero-order valence-electron chi connectivity index (χ0n) is 9.22. The molecule has 0 aromatic rings. The molecule has 86 valence electrons. The Bertz CT molecular complexity index is 371. The molecule has 4 nitrogen and oxygen atoms in total. The number of hydrogen-bond donors (Lipinski definition) is 2. The van der Waals surface area contributed by atoms with Crippen LogP contribution in [0.25, 0.3) is 0 Å². The first-order chi connectivity index (χ1) is 7.72. The average molecular weight is 220 g/mol. The van der Waals surface area contributed by atoms with Gasteiger partial charge in [0.25, 0.3) is 0 Å². The van der Waals surface area contributed by atoms with Crippen LogP contribution in [-0.4, -0.2) is 25.2 Å². The van der Waals surface area contributed by atoms with Crippen LogP contribution in [0.1, 0.15) is 6.42 Å². The second-order valence-electron chi connectivity index (χ2n) is 4.04. The van der Waals surface area contributed by atoms with Crippen molar-refractivity contribution < 1.29 is 9.53 Å². The van der Waals surface area contributed by atoms with Gasteiger partial charge in [-0.25, -0.2) is 0 Å². The number of ether oxygens (including phenoxy) is 1. The van der Waals surface area contributed by atoms with Crippen LogP contribution in [0.2, 0.25) is 0 Å². The first-order valence-corrected chi connectivity index (χ1v) is 5.36. The van der Waals surface area contributed by atoms with E-state index >= 15 is 0 Å². The minimum absolute atomic E-state index is 0.310. The standard InChI is InChI=1S/C12H16N2O2/c1-16-12(15)10(13)6-8-7-14-11-5-3-2-4-9(8)11/h2-5,7,9-11,14H,6,13H2,1H3/t9?,10-,11?/m0/s1. The topological polar surface area (TPSA) is 64.3 Å². The molecule has 3 N–H and O–H groups in total. The van der Waals surface area contributed by atoms with E-state index in [1.807, 2.05) is 18.4 Å². The van der Waals surface area contributed by atoms with Crippen LogP contribution in [0, 0.1) is 5.92 Å². The fourth-order valence-electron chi connectivity index (χ4n) is 2.10. The summed E-state index contributed by atoms with van der Waals surface area (Å²) in [4.78, 5) is 11.2. The number of carbonyl (C=O) groups excluding carboxylic acids is 1. The Morgan fingerprint density at radius 2 is 2.31 bits per heavy atom. The summed E-state index contributed by atoms with van der Waals surface area (Å²) in [7, 11) is 1.36. The van der Waals surface area contributed by atoms with Gasteiger partial charge in [-0.3, -0.25) is 4.79 Å². The predicted octanol–water partition coefficient (Wildman–Crippen LogP) is 0.475. The van der Waals surface area contributed by atoms with Gasteiger partial charge in [0.2, 0.25) is 0 Å². The Balaban J connectivity index is 1.99. The van der Waals surface area contributed by atoms with Gasteiger partial charge >= 0.3 is 5.97 Å². The summed E-state index contributed by atoms with van der Waals surface area (Å²) in [6.45, 7) is 0. The molecule has 2 aliphatic rings. The number of nitrogens with two attached hydrogens (primary N) is 1. The lowest BCUT2D eigenvalue weighted by molar-refractivity contribution is -0.142. The van der Waals surface area contributed by atoms with Gasteiger partial charge in [0.1, 0.15) is 6.04 Å². The molecule has 1 aliphatic heterocycles. The third-order valence-electron chi connectivity index (χ3n) is 2.98. The third-order valence-corrected chi connectivity index (χ3v) is 2.98. The molecule has 2 unspecified atom stereocenters. The van der Waals surface area contributed by atoms with E-state index in [0.29, 0.717) is 18.4 Å². The quantitative estimate of drug-likeness (QED) is 0.679. The van der Waals surface area contributed by atoms with Crippen LogP contribution in [0.4, 0.5) is 0 Å². The maximum atomic E-state index is 11.2. The van der Waals surface area contributed by atoms with Crippen LogP contribution >= 0.6 is 0 Å². The van der Waals surface area contributed by atoms with Gasteiger partial charge in [-0.1, -0.05) is 24.3 Å². The van der Waals surface area contributed by atoms with Gasteiger partial charge in [0.05, 0.1) is 13.2 Å². The molecule has 0 saturated heterocycles. The molecule has 1 heterocycles. The molecule has 0 fully saturated rings. The zero-order chi connectivity index (χ0) is 11.5. The molecule has 0 aromatic carbocycles. The number of rotatable bonds is 3. The van der Waals surface area contributed by atoms with Crippen molar-refractivity contribution in [2.24, 2.45) is 11.7 Å². The smallest absolute Gasteiger partial charge is 0.322 e.